The second-order valence-electron chi connectivity index (χ2n) is 3.22. The summed E-state index contributed by atoms with van der Waals surface area (Å²) in [4.78, 5) is 21.3. The average Bonchev–Trinajstić information content (AvgIpc) is 2.59. The second-order valence-corrected chi connectivity index (χ2v) is 3.65. The van der Waals surface area contributed by atoms with Crippen molar-refractivity contribution >= 4 is 17.3 Å². The summed E-state index contributed by atoms with van der Waals surface area (Å²) in [6.45, 7) is 0. The highest BCUT2D eigenvalue weighted by atomic mass is 35.5. The van der Waals surface area contributed by atoms with Crippen LogP contribution in [-0.4, -0.2) is 14.7 Å². The van der Waals surface area contributed by atoms with Gasteiger partial charge in [0, 0.05) is 18.1 Å². The van der Waals surface area contributed by atoms with E-state index < -0.39 is 10.7 Å². The van der Waals surface area contributed by atoms with E-state index >= 15 is 0 Å². The third-order valence-corrected chi connectivity index (χ3v) is 2.31. The topological polar surface area (TPSA) is 91.2 Å². The summed E-state index contributed by atoms with van der Waals surface area (Å²) in [7, 11) is 1.39. The summed E-state index contributed by atoms with van der Waals surface area (Å²) in [5.74, 6) is -0.801. The lowest BCUT2D eigenvalue weighted by atomic mass is 10.2. The quantitative estimate of drug-likeness (QED) is 0.600. The van der Waals surface area contributed by atoms with Crippen LogP contribution < -0.4 is 5.76 Å². The molecule has 0 aliphatic heterocycles. The molecule has 0 aliphatic carbocycles. The molecule has 88 valence electrons. The normalized spacial score (nSPS) is 10.5. The fraction of sp³-hybridized carbons (Fsp3) is 0.111. The molecule has 0 saturated carbocycles. The Balaban J connectivity index is 2.66. The van der Waals surface area contributed by atoms with E-state index in [1.165, 1.54) is 25.2 Å². The molecule has 7 nitrogen and oxygen atoms in total. The van der Waals surface area contributed by atoms with Crippen LogP contribution in [0.4, 0.5) is 5.69 Å². The zero-order chi connectivity index (χ0) is 12.6. The molecule has 0 amide bonds. The molecule has 1 heterocycles. The molecule has 0 fully saturated rings. The van der Waals surface area contributed by atoms with Gasteiger partial charge in [-0.05, 0) is 12.1 Å². The smallest absolute Gasteiger partial charge is 0.387 e. The van der Waals surface area contributed by atoms with Crippen LogP contribution in [0.5, 0.6) is 0 Å². The number of nitro groups is 1. The monoisotopic (exact) mass is 255 g/mol. The number of nitrogens with zero attached hydrogens (tertiary/aromatic N) is 3. The zero-order valence-electron chi connectivity index (χ0n) is 8.58. The van der Waals surface area contributed by atoms with Gasteiger partial charge in [-0.25, -0.2) is 4.79 Å². The Morgan fingerprint density at radius 3 is 2.76 bits per heavy atom. The summed E-state index contributed by atoms with van der Waals surface area (Å²) in [5, 5.41) is 14.8. The summed E-state index contributed by atoms with van der Waals surface area (Å²) >= 11 is 5.66. The first kappa shape index (κ1) is 11.3. The number of hydrogen-bond acceptors (Lipinski definition) is 5. The summed E-state index contributed by atoms with van der Waals surface area (Å²) < 4.78 is 5.73. The Bertz CT molecular complexity index is 646. The van der Waals surface area contributed by atoms with Crippen molar-refractivity contribution in [1.29, 1.82) is 0 Å². The number of aromatic nitrogens is 2. The third kappa shape index (κ3) is 2.04. The first-order valence-corrected chi connectivity index (χ1v) is 4.85. The summed E-state index contributed by atoms with van der Waals surface area (Å²) in [6.07, 6.45) is 0. The van der Waals surface area contributed by atoms with Gasteiger partial charge in [-0.15, -0.1) is 5.10 Å². The largest absolute Gasteiger partial charge is 0.437 e. The Hall–Kier alpha value is -2.15. The van der Waals surface area contributed by atoms with Crippen molar-refractivity contribution in [3.63, 3.8) is 0 Å². The minimum Gasteiger partial charge on any atom is -0.387 e. The van der Waals surface area contributed by atoms with Crippen LogP contribution in [0, 0.1) is 10.1 Å². The average molecular weight is 256 g/mol. The second kappa shape index (κ2) is 4.02. The maximum absolute atomic E-state index is 11.1. The Morgan fingerprint density at radius 2 is 2.24 bits per heavy atom. The van der Waals surface area contributed by atoms with Crippen LogP contribution in [0.15, 0.2) is 27.4 Å². The molecule has 0 saturated heterocycles. The molecule has 0 aliphatic rings. The highest BCUT2D eigenvalue weighted by Gasteiger charge is 2.20. The Morgan fingerprint density at radius 1 is 1.53 bits per heavy atom. The van der Waals surface area contributed by atoms with Crippen LogP contribution in [0.25, 0.3) is 11.5 Å². The van der Waals surface area contributed by atoms with E-state index in [1.807, 2.05) is 0 Å². The van der Waals surface area contributed by atoms with Crippen molar-refractivity contribution in [2.75, 3.05) is 0 Å². The molecule has 0 unspecified atom stereocenters. The molecule has 0 radical (unpaired) electrons. The van der Waals surface area contributed by atoms with Gasteiger partial charge in [0.05, 0.1) is 4.92 Å². The van der Waals surface area contributed by atoms with Gasteiger partial charge in [0.15, 0.2) is 0 Å². The molecule has 2 rings (SSSR count). The van der Waals surface area contributed by atoms with Gasteiger partial charge >= 0.3 is 5.76 Å². The lowest BCUT2D eigenvalue weighted by molar-refractivity contribution is -0.384. The van der Waals surface area contributed by atoms with Crippen molar-refractivity contribution in [3.8, 4) is 11.5 Å². The first-order chi connectivity index (χ1) is 7.99. The fourth-order valence-corrected chi connectivity index (χ4v) is 1.46. The molecule has 1 aromatic heterocycles. The minimum atomic E-state index is -0.691. The van der Waals surface area contributed by atoms with Gasteiger partial charge < -0.3 is 4.42 Å². The summed E-state index contributed by atoms with van der Waals surface area (Å²) in [6, 6.07) is 4.01. The molecule has 0 atom stereocenters. The molecule has 0 N–H and O–H groups in total. The van der Waals surface area contributed by atoms with Gasteiger partial charge in [-0.3, -0.25) is 10.1 Å². The molecule has 0 bridgehead atoms. The van der Waals surface area contributed by atoms with E-state index in [4.69, 9.17) is 16.0 Å². The first-order valence-electron chi connectivity index (χ1n) is 4.47. The third-order valence-electron chi connectivity index (χ3n) is 2.08. The van der Waals surface area contributed by atoms with Crippen molar-refractivity contribution in [2.45, 2.75) is 0 Å². The predicted octanol–water partition coefficient (Wildman–Crippen LogP) is 1.60. The molecule has 0 spiro atoms. The number of aryl methyl sites for hydroxylation is 1. The van der Waals surface area contributed by atoms with E-state index in [9.17, 15) is 14.9 Å². The summed E-state index contributed by atoms with van der Waals surface area (Å²) in [5.41, 5.74) is -0.156. The van der Waals surface area contributed by atoms with Crippen LogP contribution in [-0.2, 0) is 7.05 Å². The maximum Gasteiger partial charge on any atom is 0.437 e. The van der Waals surface area contributed by atoms with Crippen LogP contribution in [0.3, 0.4) is 0 Å². The van der Waals surface area contributed by atoms with E-state index in [1.54, 1.807) is 0 Å². The lowest BCUT2D eigenvalue weighted by Gasteiger charge is -1.98. The minimum absolute atomic E-state index is 0.108. The number of hydrogen-bond donors (Lipinski definition) is 0. The van der Waals surface area contributed by atoms with Crippen molar-refractivity contribution in [1.82, 2.24) is 9.78 Å². The molecule has 17 heavy (non-hydrogen) atoms. The molecular formula is C9H6ClN3O4. The van der Waals surface area contributed by atoms with Crippen LogP contribution in [0.1, 0.15) is 0 Å². The number of benzene rings is 1. The Labute approximate surface area is 99.4 Å². The fourth-order valence-electron chi connectivity index (χ4n) is 1.29. The molecule has 1 aromatic carbocycles. The van der Waals surface area contributed by atoms with Gasteiger partial charge in [-0.2, -0.15) is 4.68 Å². The number of nitro benzene ring substituents is 1. The Kier molecular flexibility index (Phi) is 2.68. The maximum atomic E-state index is 11.1. The molecular weight excluding hydrogens is 250 g/mol. The van der Waals surface area contributed by atoms with Gasteiger partial charge in [-0.1, -0.05) is 11.6 Å². The van der Waals surface area contributed by atoms with Gasteiger partial charge in [0.2, 0.25) is 0 Å². The SMILES string of the molecule is Cn1nc(-c2ccc(Cl)cc2[N+](=O)[O-])oc1=O. The van der Waals surface area contributed by atoms with Crippen LogP contribution in [0.2, 0.25) is 5.02 Å². The highest BCUT2D eigenvalue weighted by molar-refractivity contribution is 6.30. The van der Waals surface area contributed by atoms with Crippen LogP contribution >= 0.6 is 11.6 Å². The van der Waals surface area contributed by atoms with Gasteiger partial charge in [0.1, 0.15) is 5.56 Å². The molecule has 8 heteroatoms. The van der Waals surface area contributed by atoms with Gasteiger partial charge in [0.25, 0.3) is 11.6 Å². The highest BCUT2D eigenvalue weighted by Crippen LogP contribution is 2.30. The van der Waals surface area contributed by atoms with E-state index in [-0.39, 0.29) is 22.2 Å². The number of halogens is 1. The van der Waals surface area contributed by atoms with E-state index in [2.05, 4.69) is 5.10 Å². The zero-order valence-corrected chi connectivity index (χ0v) is 9.34. The standard InChI is InChI=1S/C9H6ClN3O4/c1-12-9(14)17-8(11-12)6-3-2-5(10)4-7(6)13(15)16/h2-4H,1H3. The van der Waals surface area contributed by atoms with Crippen molar-refractivity contribution < 1.29 is 9.34 Å². The lowest BCUT2D eigenvalue weighted by Crippen LogP contribution is -2.09. The van der Waals surface area contributed by atoms with E-state index in [0.717, 1.165) is 4.68 Å². The van der Waals surface area contributed by atoms with E-state index in [0.29, 0.717) is 0 Å². The number of rotatable bonds is 2. The molecule has 2 aromatic rings. The predicted molar refractivity (Wildman–Crippen MR) is 58.8 cm³/mol. The van der Waals surface area contributed by atoms with Crippen molar-refractivity contribution in [3.05, 3.63) is 43.9 Å². The van der Waals surface area contributed by atoms with Crippen molar-refractivity contribution in [2.24, 2.45) is 7.05 Å².